The molecule has 4 atom stereocenters. The number of nitrogens with two attached hydrogens (primary N) is 5. The minimum atomic E-state index is -1.66. The second-order valence-electron chi connectivity index (χ2n) is 7.85. The molecule has 0 saturated heterocycles. The van der Waals surface area contributed by atoms with E-state index < -0.39 is 78.5 Å². The maximum Gasteiger partial charge on any atom is 0.326 e. The molecule has 37 heavy (non-hydrogen) atoms. The molecule has 0 aliphatic rings. The van der Waals surface area contributed by atoms with Crippen LogP contribution in [0.5, 0.6) is 0 Å². The molecular weight excluding hydrogens is 498 g/mol. The number of carbonyl (C=O) groups excluding carboxylic acids is 5. The van der Waals surface area contributed by atoms with E-state index in [4.69, 9.17) is 33.8 Å². The van der Waals surface area contributed by atoms with Crippen LogP contribution in [0.3, 0.4) is 0 Å². The number of amides is 5. The molecule has 15 N–H and O–H groups in total. The zero-order valence-corrected chi connectivity index (χ0v) is 19.8. The van der Waals surface area contributed by atoms with Crippen molar-refractivity contribution < 1.29 is 43.8 Å². The molecule has 0 aliphatic heterocycles. The SMILES string of the molecule is NC(=O)CCC(NC(=O)C(CC(N)=O)NC(=O)C(CCCN=C(N)N)NC(=O)C(N)CC(=O)O)C(=O)O. The van der Waals surface area contributed by atoms with Crippen LogP contribution in [-0.4, -0.2) is 88.4 Å². The second kappa shape index (κ2) is 16.2. The predicted molar refractivity (Wildman–Crippen MR) is 126 cm³/mol. The van der Waals surface area contributed by atoms with Crippen LogP contribution < -0.4 is 44.6 Å². The third-order valence-corrected chi connectivity index (χ3v) is 4.64. The van der Waals surface area contributed by atoms with Crippen molar-refractivity contribution in [2.75, 3.05) is 6.54 Å². The monoisotopic (exact) mass is 531 g/mol. The Labute approximate surface area is 210 Å². The van der Waals surface area contributed by atoms with Gasteiger partial charge in [-0.2, -0.15) is 0 Å². The van der Waals surface area contributed by atoms with Crippen molar-refractivity contribution in [1.29, 1.82) is 0 Å². The number of aliphatic carboxylic acids is 2. The van der Waals surface area contributed by atoms with Crippen molar-refractivity contribution in [2.45, 2.75) is 62.7 Å². The molecular formula is C19H33N9O9. The molecule has 208 valence electrons. The van der Waals surface area contributed by atoms with E-state index in [1.165, 1.54) is 0 Å². The van der Waals surface area contributed by atoms with Crippen LogP contribution in [0.1, 0.15) is 38.5 Å². The number of carbonyl (C=O) groups is 7. The van der Waals surface area contributed by atoms with Crippen molar-refractivity contribution in [3.8, 4) is 0 Å². The van der Waals surface area contributed by atoms with E-state index in [0.717, 1.165) is 0 Å². The van der Waals surface area contributed by atoms with Crippen LogP contribution in [0, 0.1) is 0 Å². The molecule has 0 bridgehead atoms. The van der Waals surface area contributed by atoms with Gasteiger partial charge in [0.25, 0.3) is 0 Å². The first kappa shape index (κ1) is 32.5. The number of nitrogens with one attached hydrogen (secondary N) is 3. The third-order valence-electron chi connectivity index (χ3n) is 4.64. The summed E-state index contributed by atoms with van der Waals surface area (Å²) in [6, 6.07) is -6.12. The van der Waals surface area contributed by atoms with Crippen molar-refractivity contribution in [3.63, 3.8) is 0 Å². The van der Waals surface area contributed by atoms with Gasteiger partial charge in [-0.3, -0.25) is 33.8 Å². The molecule has 0 aromatic heterocycles. The molecule has 0 aromatic rings. The molecule has 0 aromatic carbocycles. The van der Waals surface area contributed by atoms with Crippen LogP contribution >= 0.6 is 0 Å². The summed E-state index contributed by atoms with van der Waals surface area (Å²) >= 11 is 0. The van der Waals surface area contributed by atoms with Crippen LogP contribution in [-0.2, 0) is 33.6 Å². The van der Waals surface area contributed by atoms with Gasteiger partial charge in [0.2, 0.25) is 29.5 Å². The van der Waals surface area contributed by atoms with E-state index in [2.05, 4.69) is 20.9 Å². The fraction of sp³-hybridized carbons (Fsp3) is 0.579. The average Bonchev–Trinajstić information content (AvgIpc) is 2.76. The van der Waals surface area contributed by atoms with Crippen LogP contribution in [0.2, 0.25) is 0 Å². The maximum absolute atomic E-state index is 12.9. The Hall–Kier alpha value is -4.48. The van der Waals surface area contributed by atoms with Crippen molar-refractivity contribution in [3.05, 3.63) is 0 Å². The third kappa shape index (κ3) is 14.5. The lowest BCUT2D eigenvalue weighted by molar-refractivity contribution is -0.142. The number of nitrogens with zero attached hydrogens (tertiary/aromatic N) is 1. The van der Waals surface area contributed by atoms with Gasteiger partial charge in [-0.05, 0) is 19.3 Å². The molecule has 0 fully saturated rings. The fourth-order valence-corrected chi connectivity index (χ4v) is 2.83. The number of hydrogen-bond donors (Lipinski definition) is 10. The highest BCUT2D eigenvalue weighted by molar-refractivity contribution is 5.96. The van der Waals surface area contributed by atoms with E-state index in [1.54, 1.807) is 0 Å². The van der Waals surface area contributed by atoms with Gasteiger partial charge in [0, 0.05) is 13.0 Å². The molecule has 5 amide bonds. The number of aliphatic imine (C=N–C) groups is 1. The first-order valence-corrected chi connectivity index (χ1v) is 10.9. The van der Waals surface area contributed by atoms with E-state index in [-0.39, 0.29) is 38.2 Å². The number of carboxylic acids is 2. The van der Waals surface area contributed by atoms with Crippen molar-refractivity contribution in [2.24, 2.45) is 33.7 Å². The summed E-state index contributed by atoms with van der Waals surface area (Å²) in [7, 11) is 0. The number of rotatable bonds is 18. The molecule has 0 saturated carbocycles. The lowest BCUT2D eigenvalue weighted by atomic mass is 10.1. The summed E-state index contributed by atoms with van der Waals surface area (Å²) in [5.41, 5.74) is 26.1. The summed E-state index contributed by atoms with van der Waals surface area (Å²) in [6.07, 6.45) is -2.17. The van der Waals surface area contributed by atoms with Gasteiger partial charge in [-0.25, -0.2) is 4.79 Å². The Morgan fingerprint density at radius 3 is 1.73 bits per heavy atom. The first-order chi connectivity index (χ1) is 17.1. The van der Waals surface area contributed by atoms with E-state index in [0.29, 0.717) is 0 Å². The number of guanidine groups is 1. The number of carboxylic acid groups (broad SMARTS) is 2. The highest BCUT2D eigenvalue weighted by Gasteiger charge is 2.31. The molecule has 0 radical (unpaired) electrons. The largest absolute Gasteiger partial charge is 0.481 e. The topological polar surface area (TPSA) is 339 Å². The Morgan fingerprint density at radius 1 is 0.703 bits per heavy atom. The zero-order chi connectivity index (χ0) is 28.7. The van der Waals surface area contributed by atoms with Crippen LogP contribution in [0.15, 0.2) is 4.99 Å². The number of primary amides is 2. The summed E-state index contributed by atoms with van der Waals surface area (Å²) < 4.78 is 0. The van der Waals surface area contributed by atoms with E-state index >= 15 is 0 Å². The maximum atomic E-state index is 12.9. The predicted octanol–water partition coefficient (Wildman–Crippen LogP) is -5.48. The number of hydrogen-bond acceptors (Lipinski definition) is 9. The standard InChI is InChI=1S/C19H33N9O9/c20-8(6-14(31)32)15(33)26-9(2-1-5-25-19(23)24)16(34)28-11(7-13(22)30)17(35)27-10(18(36)37)3-4-12(21)29/h8-11H,1-7,20H2,(H2,21,29)(H2,22,30)(H,26,33)(H,27,35)(H,28,34)(H,31,32)(H,36,37)(H4,23,24,25). The second-order valence-corrected chi connectivity index (χ2v) is 7.85. The Morgan fingerprint density at radius 2 is 1.24 bits per heavy atom. The molecule has 0 spiro atoms. The molecule has 18 heteroatoms. The van der Waals surface area contributed by atoms with E-state index in [9.17, 15) is 38.7 Å². The Bertz CT molecular complexity index is 905. The van der Waals surface area contributed by atoms with Gasteiger partial charge < -0.3 is 54.8 Å². The minimum Gasteiger partial charge on any atom is -0.481 e. The molecule has 0 aliphatic carbocycles. The van der Waals surface area contributed by atoms with Crippen LogP contribution in [0.4, 0.5) is 0 Å². The summed E-state index contributed by atoms with van der Waals surface area (Å²) in [5.74, 6) is -8.03. The Balaban J connectivity index is 5.66. The zero-order valence-electron chi connectivity index (χ0n) is 19.8. The highest BCUT2D eigenvalue weighted by atomic mass is 16.4. The summed E-state index contributed by atoms with van der Waals surface area (Å²) in [5, 5.41) is 24.6. The quantitative estimate of drug-likeness (QED) is 0.0449. The molecule has 0 heterocycles. The van der Waals surface area contributed by atoms with Gasteiger partial charge in [-0.15, -0.1) is 0 Å². The molecule has 4 unspecified atom stereocenters. The van der Waals surface area contributed by atoms with Gasteiger partial charge in [0.15, 0.2) is 5.96 Å². The lowest BCUT2D eigenvalue weighted by Crippen LogP contribution is -2.57. The average molecular weight is 532 g/mol. The van der Waals surface area contributed by atoms with Crippen molar-refractivity contribution >= 4 is 47.4 Å². The van der Waals surface area contributed by atoms with E-state index in [1.807, 2.05) is 0 Å². The van der Waals surface area contributed by atoms with Gasteiger partial charge in [0.05, 0.1) is 18.9 Å². The fourth-order valence-electron chi connectivity index (χ4n) is 2.83. The van der Waals surface area contributed by atoms with Gasteiger partial charge in [0.1, 0.15) is 18.1 Å². The summed E-state index contributed by atoms with van der Waals surface area (Å²) in [6.45, 7) is 0.0501. The normalized spacial score (nSPS) is 13.6. The minimum absolute atomic E-state index is 0.0501. The highest BCUT2D eigenvalue weighted by Crippen LogP contribution is 2.04. The molecule has 0 rings (SSSR count). The van der Waals surface area contributed by atoms with Gasteiger partial charge in [-0.1, -0.05) is 0 Å². The lowest BCUT2D eigenvalue weighted by Gasteiger charge is -2.24. The van der Waals surface area contributed by atoms with Crippen LogP contribution in [0.25, 0.3) is 0 Å². The Kier molecular flexibility index (Phi) is 14.3. The molecule has 18 nitrogen and oxygen atoms in total. The smallest absolute Gasteiger partial charge is 0.326 e. The summed E-state index contributed by atoms with van der Waals surface area (Å²) in [4.78, 5) is 86.2. The van der Waals surface area contributed by atoms with Crippen molar-refractivity contribution in [1.82, 2.24) is 16.0 Å². The van der Waals surface area contributed by atoms with Gasteiger partial charge >= 0.3 is 11.9 Å². The first-order valence-electron chi connectivity index (χ1n) is 10.9.